The summed E-state index contributed by atoms with van der Waals surface area (Å²) < 4.78 is 12.6. The van der Waals surface area contributed by atoms with Gasteiger partial charge in [0.15, 0.2) is 5.79 Å². The van der Waals surface area contributed by atoms with Crippen LogP contribution in [0.3, 0.4) is 0 Å². The summed E-state index contributed by atoms with van der Waals surface area (Å²) in [7, 11) is 0. The van der Waals surface area contributed by atoms with E-state index in [0.717, 1.165) is 36.7 Å². The first-order valence-corrected chi connectivity index (χ1v) is 8.69. The van der Waals surface area contributed by atoms with Gasteiger partial charge in [-0.1, -0.05) is 20.8 Å². The first-order valence-electron chi connectivity index (χ1n) is 8.69. The molecule has 2 saturated heterocycles. The van der Waals surface area contributed by atoms with Gasteiger partial charge in [-0.25, -0.2) is 0 Å². The summed E-state index contributed by atoms with van der Waals surface area (Å²) in [6.45, 7) is 10.5. The molecule has 0 amide bonds. The Morgan fingerprint density at radius 3 is 2.45 bits per heavy atom. The van der Waals surface area contributed by atoms with Crippen molar-refractivity contribution in [3.63, 3.8) is 0 Å². The molecule has 114 valence electrons. The Kier molecular flexibility index (Phi) is 2.72. The molecular formula is C18H30O2. The van der Waals surface area contributed by atoms with Crippen LogP contribution in [0.25, 0.3) is 0 Å². The Morgan fingerprint density at radius 1 is 0.900 bits per heavy atom. The second kappa shape index (κ2) is 4.01. The number of hydrogen-bond donors (Lipinski definition) is 0. The molecule has 20 heavy (non-hydrogen) atoms. The molecule has 2 aliphatic heterocycles. The molecule has 2 bridgehead atoms. The normalized spacial score (nSPS) is 57.0. The van der Waals surface area contributed by atoms with Gasteiger partial charge in [-0.15, -0.1) is 0 Å². The van der Waals surface area contributed by atoms with Crippen molar-refractivity contribution in [3.8, 4) is 0 Å². The largest absolute Gasteiger partial charge is 0.347 e. The summed E-state index contributed by atoms with van der Waals surface area (Å²) in [5.41, 5.74) is 0.592. The standard InChI is InChI=1S/C18H30O2/c1-12-5-8-16(2,3)13-7-10-18-11-19-17(4,20-18)9-6-14(18)15(12)13/h12-15H,5-11H2,1-4H3. The molecule has 4 rings (SSSR count). The van der Waals surface area contributed by atoms with Gasteiger partial charge >= 0.3 is 0 Å². The molecule has 6 unspecified atom stereocenters. The van der Waals surface area contributed by atoms with E-state index in [9.17, 15) is 0 Å². The molecule has 1 spiro atoms. The average molecular weight is 278 g/mol. The molecule has 0 aromatic rings. The van der Waals surface area contributed by atoms with Crippen molar-refractivity contribution in [2.75, 3.05) is 6.61 Å². The van der Waals surface area contributed by atoms with Crippen LogP contribution in [0.2, 0.25) is 0 Å². The highest BCUT2D eigenvalue weighted by Gasteiger charge is 2.63. The molecule has 0 N–H and O–H groups in total. The van der Waals surface area contributed by atoms with E-state index in [0.29, 0.717) is 5.41 Å². The predicted octanol–water partition coefficient (Wildman–Crippen LogP) is 4.38. The van der Waals surface area contributed by atoms with Crippen LogP contribution in [0.15, 0.2) is 0 Å². The lowest BCUT2D eigenvalue weighted by molar-refractivity contribution is -0.247. The molecule has 2 saturated carbocycles. The van der Waals surface area contributed by atoms with Crippen molar-refractivity contribution < 1.29 is 9.47 Å². The van der Waals surface area contributed by atoms with Gasteiger partial charge in [0.2, 0.25) is 0 Å². The lowest BCUT2D eigenvalue weighted by atomic mass is 9.49. The van der Waals surface area contributed by atoms with Crippen LogP contribution < -0.4 is 0 Å². The summed E-state index contributed by atoms with van der Waals surface area (Å²) >= 11 is 0. The van der Waals surface area contributed by atoms with Crippen LogP contribution in [0.4, 0.5) is 0 Å². The molecule has 4 fully saturated rings. The minimum atomic E-state index is -0.267. The molecular weight excluding hydrogens is 248 g/mol. The molecule has 6 atom stereocenters. The minimum Gasteiger partial charge on any atom is -0.347 e. The van der Waals surface area contributed by atoms with Crippen LogP contribution in [0, 0.1) is 29.1 Å². The Bertz CT molecular complexity index is 418. The van der Waals surface area contributed by atoms with Gasteiger partial charge in [-0.2, -0.15) is 0 Å². The van der Waals surface area contributed by atoms with E-state index in [2.05, 4.69) is 27.7 Å². The van der Waals surface area contributed by atoms with Gasteiger partial charge in [0, 0.05) is 6.42 Å². The Hall–Kier alpha value is -0.0800. The molecule has 0 radical (unpaired) electrons. The topological polar surface area (TPSA) is 18.5 Å². The third-order valence-corrected chi connectivity index (χ3v) is 7.34. The maximum absolute atomic E-state index is 6.52. The van der Waals surface area contributed by atoms with Gasteiger partial charge < -0.3 is 9.47 Å². The van der Waals surface area contributed by atoms with Crippen molar-refractivity contribution in [2.45, 2.75) is 77.6 Å². The third kappa shape index (κ3) is 1.70. The monoisotopic (exact) mass is 278 g/mol. The maximum Gasteiger partial charge on any atom is 0.166 e. The summed E-state index contributed by atoms with van der Waals surface area (Å²) in [6, 6.07) is 0. The number of rotatable bonds is 0. The van der Waals surface area contributed by atoms with Gasteiger partial charge in [0.25, 0.3) is 0 Å². The zero-order valence-corrected chi connectivity index (χ0v) is 13.6. The first-order chi connectivity index (χ1) is 9.35. The van der Waals surface area contributed by atoms with E-state index in [-0.39, 0.29) is 11.4 Å². The highest BCUT2D eigenvalue weighted by molar-refractivity contribution is 5.09. The molecule has 2 aliphatic carbocycles. The van der Waals surface area contributed by atoms with Crippen molar-refractivity contribution in [3.05, 3.63) is 0 Å². The lowest BCUT2D eigenvalue weighted by Crippen LogP contribution is -2.58. The summed E-state index contributed by atoms with van der Waals surface area (Å²) in [4.78, 5) is 0. The van der Waals surface area contributed by atoms with Gasteiger partial charge in [0.05, 0.1) is 12.2 Å². The van der Waals surface area contributed by atoms with Gasteiger partial charge in [-0.05, 0) is 68.1 Å². The second-order valence-corrected chi connectivity index (χ2v) is 8.96. The zero-order valence-electron chi connectivity index (χ0n) is 13.6. The predicted molar refractivity (Wildman–Crippen MR) is 79.3 cm³/mol. The fourth-order valence-electron chi connectivity index (χ4n) is 6.16. The smallest absolute Gasteiger partial charge is 0.166 e. The van der Waals surface area contributed by atoms with Crippen molar-refractivity contribution >= 4 is 0 Å². The van der Waals surface area contributed by atoms with Crippen LogP contribution in [-0.2, 0) is 9.47 Å². The third-order valence-electron chi connectivity index (χ3n) is 7.34. The molecule has 2 heteroatoms. The maximum atomic E-state index is 6.52. The zero-order chi connectivity index (χ0) is 14.2. The van der Waals surface area contributed by atoms with Gasteiger partial charge in [-0.3, -0.25) is 0 Å². The van der Waals surface area contributed by atoms with Crippen LogP contribution >= 0.6 is 0 Å². The summed E-state index contributed by atoms with van der Waals surface area (Å²) in [6.07, 6.45) is 7.79. The van der Waals surface area contributed by atoms with E-state index in [1.807, 2.05) is 0 Å². The fraction of sp³-hybridized carbons (Fsp3) is 1.00. The summed E-state index contributed by atoms with van der Waals surface area (Å²) in [5.74, 6) is 3.10. The molecule has 0 aromatic carbocycles. The molecule has 0 aromatic heterocycles. The fourth-order valence-corrected chi connectivity index (χ4v) is 6.16. The number of fused-ring (bicyclic) bond motifs is 3. The molecule has 2 heterocycles. The van der Waals surface area contributed by atoms with E-state index in [1.165, 1.54) is 32.1 Å². The second-order valence-electron chi connectivity index (χ2n) is 8.96. The van der Waals surface area contributed by atoms with Crippen molar-refractivity contribution in [1.29, 1.82) is 0 Å². The number of hydrogen-bond acceptors (Lipinski definition) is 2. The van der Waals surface area contributed by atoms with Crippen LogP contribution in [0.1, 0.15) is 66.2 Å². The minimum absolute atomic E-state index is 0.0653. The van der Waals surface area contributed by atoms with Crippen LogP contribution in [-0.4, -0.2) is 18.0 Å². The quantitative estimate of drug-likeness (QED) is 0.654. The van der Waals surface area contributed by atoms with E-state index < -0.39 is 0 Å². The Morgan fingerprint density at radius 2 is 1.65 bits per heavy atom. The first kappa shape index (κ1) is 13.6. The summed E-state index contributed by atoms with van der Waals surface area (Å²) in [5, 5.41) is 0. The van der Waals surface area contributed by atoms with E-state index >= 15 is 0 Å². The van der Waals surface area contributed by atoms with Crippen molar-refractivity contribution in [1.82, 2.24) is 0 Å². The van der Waals surface area contributed by atoms with Crippen molar-refractivity contribution in [2.24, 2.45) is 29.1 Å². The highest BCUT2D eigenvalue weighted by atomic mass is 16.8. The van der Waals surface area contributed by atoms with Crippen LogP contribution in [0.5, 0.6) is 0 Å². The Labute approximate surface area is 123 Å². The number of ether oxygens (including phenoxy) is 2. The SMILES string of the molecule is CC1CCC(C)(C)C2CCC34COC(C)(CCC3C12)O4. The van der Waals surface area contributed by atoms with E-state index in [4.69, 9.17) is 9.47 Å². The van der Waals surface area contributed by atoms with Gasteiger partial charge in [0.1, 0.15) is 0 Å². The molecule has 2 nitrogen and oxygen atoms in total. The lowest BCUT2D eigenvalue weighted by Gasteiger charge is -2.59. The molecule has 4 aliphatic rings. The van der Waals surface area contributed by atoms with E-state index in [1.54, 1.807) is 0 Å². The Balaban J connectivity index is 1.69. The average Bonchev–Trinajstić information content (AvgIpc) is 2.64. The highest BCUT2D eigenvalue weighted by Crippen LogP contribution is 2.62.